The maximum atomic E-state index is 12.0. The van der Waals surface area contributed by atoms with Crippen molar-refractivity contribution in [2.75, 3.05) is 0 Å². The summed E-state index contributed by atoms with van der Waals surface area (Å²) in [6.45, 7) is 3.63. The van der Waals surface area contributed by atoms with Crippen LogP contribution >= 0.6 is 0 Å². The number of pyridine rings is 2. The second-order valence-electron chi connectivity index (χ2n) is 6.76. The van der Waals surface area contributed by atoms with Gasteiger partial charge in [-0.15, -0.1) is 0 Å². The molecule has 0 spiro atoms. The van der Waals surface area contributed by atoms with Crippen LogP contribution in [0.1, 0.15) is 11.3 Å². The molecule has 0 fully saturated rings. The number of aromatic amines is 1. The molecule has 136 valence electrons. The lowest BCUT2D eigenvalue weighted by Crippen LogP contribution is -2.10. The van der Waals surface area contributed by atoms with Crippen molar-refractivity contribution in [1.82, 2.24) is 19.9 Å². The van der Waals surface area contributed by atoms with E-state index in [1.807, 2.05) is 49.4 Å². The van der Waals surface area contributed by atoms with Gasteiger partial charge in [0.05, 0.1) is 5.52 Å². The Balaban J connectivity index is 1.83. The van der Waals surface area contributed by atoms with Crippen LogP contribution in [0, 0.1) is 13.8 Å². The first-order valence-corrected chi connectivity index (χ1v) is 8.92. The molecule has 1 N–H and O–H groups in total. The predicted molar refractivity (Wildman–Crippen MR) is 108 cm³/mol. The average Bonchev–Trinajstić information content (AvgIpc) is 3.14. The molecule has 0 aliphatic heterocycles. The Kier molecular flexibility index (Phi) is 3.58. The maximum Gasteiger partial charge on any atom is 0.252 e. The molecule has 6 nitrogen and oxygen atoms in total. The first-order valence-electron chi connectivity index (χ1n) is 8.92. The van der Waals surface area contributed by atoms with E-state index in [0.717, 1.165) is 22.2 Å². The first kappa shape index (κ1) is 16.4. The van der Waals surface area contributed by atoms with Crippen molar-refractivity contribution in [3.8, 4) is 22.7 Å². The third kappa shape index (κ3) is 2.66. The van der Waals surface area contributed by atoms with Gasteiger partial charge in [0, 0.05) is 22.7 Å². The van der Waals surface area contributed by atoms with E-state index in [9.17, 15) is 4.79 Å². The lowest BCUT2D eigenvalue weighted by Gasteiger charge is -2.09. The van der Waals surface area contributed by atoms with Crippen molar-refractivity contribution >= 4 is 22.1 Å². The molecule has 0 radical (unpaired) electrons. The summed E-state index contributed by atoms with van der Waals surface area (Å²) in [7, 11) is 0. The molecule has 0 saturated carbocycles. The number of furan rings is 1. The fourth-order valence-corrected chi connectivity index (χ4v) is 3.28. The Morgan fingerprint density at radius 1 is 0.929 bits per heavy atom. The highest BCUT2D eigenvalue weighted by atomic mass is 16.3. The third-order valence-corrected chi connectivity index (χ3v) is 4.72. The van der Waals surface area contributed by atoms with Gasteiger partial charge in [-0.3, -0.25) is 9.78 Å². The minimum absolute atomic E-state index is 0.173. The van der Waals surface area contributed by atoms with E-state index >= 15 is 0 Å². The molecular formula is C22H16N4O2. The second-order valence-corrected chi connectivity index (χ2v) is 6.76. The van der Waals surface area contributed by atoms with Crippen LogP contribution in [-0.2, 0) is 0 Å². The minimum atomic E-state index is -0.173. The van der Waals surface area contributed by atoms with Crippen molar-refractivity contribution in [1.29, 1.82) is 0 Å². The summed E-state index contributed by atoms with van der Waals surface area (Å²) in [6.07, 6.45) is 1.77. The van der Waals surface area contributed by atoms with Crippen LogP contribution in [-0.4, -0.2) is 19.9 Å². The molecule has 0 saturated heterocycles. The van der Waals surface area contributed by atoms with Gasteiger partial charge in [0.1, 0.15) is 22.7 Å². The van der Waals surface area contributed by atoms with Gasteiger partial charge in [-0.2, -0.15) is 0 Å². The van der Waals surface area contributed by atoms with Gasteiger partial charge in [0.25, 0.3) is 5.56 Å². The van der Waals surface area contributed by atoms with Crippen LogP contribution in [0.5, 0.6) is 0 Å². The number of hydrogen-bond acceptors (Lipinski definition) is 5. The number of fused-ring (bicyclic) bond motifs is 2. The van der Waals surface area contributed by atoms with Crippen LogP contribution in [0.3, 0.4) is 0 Å². The molecular weight excluding hydrogens is 352 g/mol. The standard InChI is InChI=1S/C22H16N4O2/c1-12-10-17-21(26-22(12)27)25-20(18-8-5-13(2)28-18)19(24-17)15-6-7-16-14(11-15)4-3-9-23-16/h3-11H,1-2H3,(H,25,26,27). The first-order chi connectivity index (χ1) is 13.6. The third-order valence-electron chi connectivity index (χ3n) is 4.72. The summed E-state index contributed by atoms with van der Waals surface area (Å²) in [5.41, 5.74) is 4.59. The number of rotatable bonds is 2. The lowest BCUT2D eigenvalue weighted by molar-refractivity contribution is 0.546. The highest BCUT2D eigenvalue weighted by molar-refractivity contribution is 5.88. The molecule has 6 heteroatoms. The van der Waals surface area contributed by atoms with Gasteiger partial charge in [-0.25, -0.2) is 9.97 Å². The molecule has 1 aromatic carbocycles. The Morgan fingerprint density at radius 3 is 2.64 bits per heavy atom. The number of aromatic nitrogens is 4. The van der Waals surface area contributed by atoms with Gasteiger partial charge in [-0.05, 0) is 50.2 Å². The summed E-state index contributed by atoms with van der Waals surface area (Å²) >= 11 is 0. The normalized spacial score (nSPS) is 11.4. The summed E-state index contributed by atoms with van der Waals surface area (Å²) in [5, 5.41) is 1.01. The van der Waals surface area contributed by atoms with E-state index in [4.69, 9.17) is 9.40 Å². The lowest BCUT2D eigenvalue weighted by atomic mass is 10.0. The van der Waals surface area contributed by atoms with E-state index < -0.39 is 0 Å². The Bertz CT molecular complexity index is 1420. The molecule has 5 rings (SSSR count). The molecule has 28 heavy (non-hydrogen) atoms. The summed E-state index contributed by atoms with van der Waals surface area (Å²) < 4.78 is 5.82. The number of H-pyrrole nitrogens is 1. The Hall–Kier alpha value is -3.80. The number of aryl methyl sites for hydroxylation is 2. The van der Waals surface area contributed by atoms with Crippen LogP contribution in [0.4, 0.5) is 0 Å². The summed E-state index contributed by atoms with van der Waals surface area (Å²) in [6, 6.07) is 15.4. The molecule has 4 heterocycles. The molecule has 0 aliphatic carbocycles. The highest BCUT2D eigenvalue weighted by Crippen LogP contribution is 2.32. The summed E-state index contributed by atoms with van der Waals surface area (Å²) in [5.74, 6) is 1.39. The smallest absolute Gasteiger partial charge is 0.252 e. The number of nitrogens with one attached hydrogen (secondary N) is 1. The van der Waals surface area contributed by atoms with Crippen molar-refractivity contribution in [2.24, 2.45) is 0 Å². The topological polar surface area (TPSA) is 84.7 Å². The number of hydrogen-bond donors (Lipinski definition) is 1. The molecule has 0 atom stereocenters. The van der Waals surface area contributed by atoms with Gasteiger partial charge in [-0.1, -0.05) is 12.1 Å². The van der Waals surface area contributed by atoms with E-state index in [2.05, 4.69) is 15.0 Å². The van der Waals surface area contributed by atoms with E-state index in [0.29, 0.717) is 33.9 Å². The molecule has 0 bridgehead atoms. The zero-order valence-corrected chi connectivity index (χ0v) is 15.4. The van der Waals surface area contributed by atoms with Crippen LogP contribution < -0.4 is 5.56 Å². The average molecular weight is 368 g/mol. The summed E-state index contributed by atoms with van der Waals surface area (Å²) in [4.78, 5) is 28.7. The van der Waals surface area contributed by atoms with Crippen molar-refractivity contribution in [3.05, 3.63) is 76.4 Å². The van der Waals surface area contributed by atoms with Crippen LogP contribution in [0.25, 0.3) is 44.8 Å². The maximum absolute atomic E-state index is 12.0. The zero-order chi connectivity index (χ0) is 19.3. The van der Waals surface area contributed by atoms with E-state index in [-0.39, 0.29) is 5.56 Å². The Labute approximate surface area is 159 Å². The zero-order valence-electron chi connectivity index (χ0n) is 15.4. The quantitative estimate of drug-likeness (QED) is 0.499. The molecule has 0 unspecified atom stereocenters. The van der Waals surface area contributed by atoms with Crippen LogP contribution in [0.2, 0.25) is 0 Å². The van der Waals surface area contributed by atoms with Crippen LogP contribution in [0.15, 0.2) is 63.9 Å². The SMILES string of the molecule is Cc1ccc(-c2nc3[nH]c(=O)c(C)cc3nc2-c2ccc3ncccc3c2)o1. The molecule has 4 aromatic heterocycles. The second kappa shape index (κ2) is 6.13. The van der Waals surface area contributed by atoms with Gasteiger partial charge >= 0.3 is 0 Å². The van der Waals surface area contributed by atoms with Crippen molar-refractivity contribution in [3.63, 3.8) is 0 Å². The fourth-order valence-electron chi connectivity index (χ4n) is 3.28. The number of nitrogens with zero attached hydrogens (tertiary/aromatic N) is 3. The van der Waals surface area contributed by atoms with Gasteiger partial charge in [0.15, 0.2) is 11.4 Å². The number of benzene rings is 1. The molecule has 0 aliphatic rings. The molecule has 5 aromatic rings. The highest BCUT2D eigenvalue weighted by Gasteiger charge is 2.17. The minimum Gasteiger partial charge on any atom is -0.460 e. The predicted octanol–water partition coefficient (Wildman–Crippen LogP) is 4.41. The van der Waals surface area contributed by atoms with Gasteiger partial charge < -0.3 is 9.40 Å². The molecule has 0 amide bonds. The Morgan fingerprint density at radius 2 is 1.82 bits per heavy atom. The van der Waals surface area contributed by atoms with Crippen molar-refractivity contribution < 1.29 is 4.42 Å². The monoisotopic (exact) mass is 368 g/mol. The van der Waals surface area contributed by atoms with E-state index in [1.165, 1.54) is 0 Å². The van der Waals surface area contributed by atoms with E-state index in [1.54, 1.807) is 19.2 Å². The van der Waals surface area contributed by atoms with Gasteiger partial charge in [0.2, 0.25) is 0 Å². The fraction of sp³-hybridized carbons (Fsp3) is 0.0909. The van der Waals surface area contributed by atoms with Crippen molar-refractivity contribution in [2.45, 2.75) is 13.8 Å². The largest absolute Gasteiger partial charge is 0.460 e.